The summed E-state index contributed by atoms with van der Waals surface area (Å²) in [5.41, 5.74) is 3.15. The van der Waals surface area contributed by atoms with E-state index in [1.54, 1.807) is 54.3 Å². The first-order valence-corrected chi connectivity index (χ1v) is 17.3. The molecule has 3 fully saturated rings. The predicted octanol–water partition coefficient (Wildman–Crippen LogP) is 7.24. The number of carbonyl (C=O) groups is 3. The Morgan fingerprint density at radius 3 is 2.49 bits per heavy atom. The standard InChI is InChI=1S/C35H30N2O5S3/c1-2-41-34(40)19-11-13-21(14-12-19)37-32(38)27-23-16-24(28(27)33(37)39)29-26(23)25(30-31(44-29)36-35(43)45-30)20-9-6-10-22(15-20)42-17-18-7-4-3-5-8-18/h3-15,23-29H,2,16-17H2,1H3,(H,36,43). The third-order valence-corrected chi connectivity index (χ3v) is 12.8. The molecular formula is C35H30N2O5S3. The van der Waals surface area contributed by atoms with E-state index < -0.39 is 5.97 Å². The number of thiazole rings is 1. The summed E-state index contributed by atoms with van der Waals surface area (Å²) in [6, 6.07) is 25.0. The Morgan fingerprint density at radius 2 is 1.73 bits per heavy atom. The summed E-state index contributed by atoms with van der Waals surface area (Å²) in [6.45, 7) is 2.51. The highest BCUT2D eigenvalue weighted by Gasteiger charge is 2.69. The third kappa shape index (κ3) is 4.68. The number of anilines is 1. The number of hydrogen-bond donors (Lipinski definition) is 1. The second kappa shape index (κ2) is 11.3. The van der Waals surface area contributed by atoms with Gasteiger partial charge in [0.05, 0.1) is 34.7 Å². The number of nitrogens with one attached hydrogen (secondary N) is 1. The Hall–Kier alpha value is -3.73. The van der Waals surface area contributed by atoms with Crippen molar-refractivity contribution in [1.29, 1.82) is 0 Å². The topological polar surface area (TPSA) is 88.7 Å². The van der Waals surface area contributed by atoms with E-state index in [1.807, 2.05) is 30.3 Å². The SMILES string of the molecule is CCOC(=O)c1ccc(N2C(=O)C3C4CC(C3C2=O)C2C(c3cccc(OCc5ccccc5)c3)c3sc(=S)[nH]c3SC42)cc1. The number of carbonyl (C=O) groups excluding carboxylic acids is 3. The number of amides is 2. The minimum atomic E-state index is -0.425. The predicted molar refractivity (Wildman–Crippen MR) is 175 cm³/mol. The fourth-order valence-electron chi connectivity index (χ4n) is 8.14. The lowest BCUT2D eigenvalue weighted by Crippen LogP contribution is -2.42. The maximum atomic E-state index is 14.1. The van der Waals surface area contributed by atoms with E-state index >= 15 is 0 Å². The summed E-state index contributed by atoms with van der Waals surface area (Å²) in [7, 11) is 0. The van der Waals surface area contributed by atoms with Gasteiger partial charge in [0.15, 0.2) is 3.95 Å². The molecule has 2 saturated carbocycles. The molecule has 0 radical (unpaired) electrons. The molecule has 7 nitrogen and oxygen atoms in total. The van der Waals surface area contributed by atoms with E-state index in [4.69, 9.17) is 21.7 Å². The van der Waals surface area contributed by atoms with Crippen LogP contribution in [0.4, 0.5) is 5.69 Å². The van der Waals surface area contributed by atoms with E-state index in [9.17, 15) is 14.4 Å². The summed E-state index contributed by atoms with van der Waals surface area (Å²) in [5, 5.41) is 1.27. The van der Waals surface area contributed by atoms with Gasteiger partial charge in [-0.05, 0) is 90.8 Å². The Bertz CT molecular complexity index is 1870. The zero-order valence-electron chi connectivity index (χ0n) is 24.4. The number of aromatic nitrogens is 1. The number of hydrogen-bond acceptors (Lipinski definition) is 8. The largest absolute Gasteiger partial charge is 0.489 e. The zero-order valence-corrected chi connectivity index (χ0v) is 26.8. The molecule has 45 heavy (non-hydrogen) atoms. The smallest absolute Gasteiger partial charge is 0.338 e. The summed E-state index contributed by atoms with van der Waals surface area (Å²) < 4.78 is 12.1. The van der Waals surface area contributed by atoms with Gasteiger partial charge in [0.2, 0.25) is 11.8 Å². The number of fused-ring (bicyclic) bond motifs is 9. The van der Waals surface area contributed by atoms with Crippen LogP contribution in [0.5, 0.6) is 5.75 Å². The second-order valence-corrected chi connectivity index (χ2v) is 15.0. The van der Waals surface area contributed by atoms with Gasteiger partial charge in [-0.2, -0.15) is 0 Å². The van der Waals surface area contributed by atoms with Crippen LogP contribution in [0.15, 0.2) is 83.9 Å². The number of ether oxygens (including phenoxy) is 2. The molecule has 3 heterocycles. The van der Waals surface area contributed by atoms with Gasteiger partial charge >= 0.3 is 5.97 Å². The molecule has 2 amide bonds. The third-order valence-electron chi connectivity index (χ3n) is 9.83. The van der Waals surface area contributed by atoms with Crippen molar-refractivity contribution in [3.05, 3.63) is 104 Å². The monoisotopic (exact) mass is 654 g/mol. The Balaban J connectivity index is 1.11. The minimum Gasteiger partial charge on any atom is -0.489 e. The van der Waals surface area contributed by atoms with Crippen molar-refractivity contribution in [2.24, 2.45) is 29.6 Å². The van der Waals surface area contributed by atoms with Crippen molar-refractivity contribution in [2.45, 2.75) is 36.1 Å². The van der Waals surface area contributed by atoms with E-state index in [2.05, 4.69) is 29.2 Å². The summed E-state index contributed by atoms with van der Waals surface area (Å²) in [6.07, 6.45) is 0.862. The van der Waals surface area contributed by atoms with Gasteiger partial charge in [-0.3, -0.25) is 14.5 Å². The van der Waals surface area contributed by atoms with Crippen molar-refractivity contribution in [3.63, 3.8) is 0 Å². The van der Waals surface area contributed by atoms with Crippen molar-refractivity contribution in [3.8, 4) is 5.75 Å². The molecule has 2 bridgehead atoms. The fraction of sp³-hybridized carbons (Fsp3) is 0.314. The zero-order chi connectivity index (χ0) is 30.8. The molecule has 4 aromatic rings. The van der Waals surface area contributed by atoms with Crippen LogP contribution in [0.1, 0.15) is 45.6 Å². The van der Waals surface area contributed by atoms with E-state index in [0.717, 1.165) is 32.3 Å². The van der Waals surface area contributed by atoms with E-state index in [0.29, 0.717) is 17.9 Å². The summed E-state index contributed by atoms with van der Waals surface area (Å²) >= 11 is 9.04. The van der Waals surface area contributed by atoms with Crippen LogP contribution in [0.25, 0.3) is 0 Å². The average Bonchev–Trinajstić information content (AvgIpc) is 3.79. The van der Waals surface area contributed by atoms with Gasteiger partial charge in [-0.15, -0.1) is 23.1 Å². The molecular weight excluding hydrogens is 625 g/mol. The molecule has 1 N–H and O–H groups in total. The van der Waals surface area contributed by atoms with Crippen molar-refractivity contribution in [1.82, 2.24) is 4.98 Å². The Labute approximate surface area is 274 Å². The fourth-order valence-corrected chi connectivity index (χ4v) is 11.5. The van der Waals surface area contributed by atoms with Crippen molar-refractivity contribution >= 4 is 58.8 Å². The van der Waals surface area contributed by atoms with E-state index in [-0.39, 0.29) is 59.2 Å². The van der Waals surface area contributed by atoms with Gasteiger partial charge in [-0.25, -0.2) is 4.79 Å². The number of benzene rings is 3. The van der Waals surface area contributed by atoms with Crippen molar-refractivity contribution in [2.75, 3.05) is 11.5 Å². The first kappa shape index (κ1) is 28.7. The molecule has 2 aliphatic heterocycles. The molecule has 4 aliphatic rings. The van der Waals surface area contributed by atoms with Crippen LogP contribution in [0, 0.1) is 33.5 Å². The lowest BCUT2D eigenvalue weighted by atomic mass is 9.68. The van der Waals surface area contributed by atoms with Crippen LogP contribution < -0.4 is 9.64 Å². The van der Waals surface area contributed by atoms with E-state index in [1.165, 1.54) is 9.78 Å². The highest BCUT2D eigenvalue weighted by molar-refractivity contribution is 8.00. The summed E-state index contributed by atoms with van der Waals surface area (Å²) in [4.78, 5) is 46.3. The molecule has 10 heteroatoms. The molecule has 7 unspecified atom stereocenters. The molecule has 228 valence electrons. The van der Waals surface area contributed by atoms with Crippen LogP contribution in [0.3, 0.4) is 0 Å². The van der Waals surface area contributed by atoms with Gasteiger partial charge in [0, 0.05) is 16.0 Å². The number of thioether (sulfide) groups is 1. The van der Waals surface area contributed by atoms with Gasteiger partial charge in [0.1, 0.15) is 12.4 Å². The van der Waals surface area contributed by atoms with Gasteiger partial charge in [-0.1, -0.05) is 42.5 Å². The van der Waals surface area contributed by atoms with Crippen LogP contribution in [-0.2, 0) is 20.9 Å². The molecule has 2 aliphatic carbocycles. The first-order valence-electron chi connectivity index (χ1n) is 15.2. The number of aromatic amines is 1. The highest BCUT2D eigenvalue weighted by Crippen LogP contribution is 2.69. The first-order chi connectivity index (χ1) is 21.9. The molecule has 1 saturated heterocycles. The number of H-pyrrole nitrogens is 1. The number of rotatable bonds is 7. The van der Waals surface area contributed by atoms with Gasteiger partial charge in [0.25, 0.3) is 0 Å². The van der Waals surface area contributed by atoms with Crippen LogP contribution >= 0.6 is 35.3 Å². The quantitative estimate of drug-likeness (QED) is 0.128. The van der Waals surface area contributed by atoms with Crippen LogP contribution in [0.2, 0.25) is 0 Å². The lowest BCUT2D eigenvalue weighted by Gasteiger charge is -2.43. The maximum absolute atomic E-state index is 14.1. The second-order valence-electron chi connectivity index (χ2n) is 12.1. The normalized spacial score (nSPS) is 27.7. The summed E-state index contributed by atoms with van der Waals surface area (Å²) in [5.74, 6) is -0.195. The number of esters is 1. The number of nitrogens with zero attached hydrogens (tertiary/aromatic N) is 1. The molecule has 3 aromatic carbocycles. The molecule has 7 atom stereocenters. The highest BCUT2D eigenvalue weighted by atomic mass is 32.2. The minimum absolute atomic E-state index is 0.0428. The van der Waals surface area contributed by atoms with Crippen LogP contribution in [-0.4, -0.2) is 34.6 Å². The Kier molecular flexibility index (Phi) is 7.19. The maximum Gasteiger partial charge on any atom is 0.338 e. The molecule has 1 aromatic heterocycles. The Morgan fingerprint density at radius 1 is 0.978 bits per heavy atom. The van der Waals surface area contributed by atoms with Crippen molar-refractivity contribution < 1.29 is 23.9 Å². The van der Waals surface area contributed by atoms with Gasteiger partial charge < -0.3 is 14.5 Å². The lowest BCUT2D eigenvalue weighted by molar-refractivity contribution is -0.123. The molecule has 0 spiro atoms. The molecule has 8 rings (SSSR count). The average molecular weight is 655 g/mol. The number of imide groups is 1.